The van der Waals surface area contributed by atoms with Crippen molar-refractivity contribution in [1.29, 1.82) is 0 Å². The van der Waals surface area contributed by atoms with Crippen molar-refractivity contribution in [2.75, 3.05) is 75.7 Å². The summed E-state index contributed by atoms with van der Waals surface area (Å²) in [6.45, 7) is 7.90. The van der Waals surface area contributed by atoms with E-state index < -0.39 is 35.1 Å². The molecule has 2 aliphatic carbocycles. The number of allylic oxidation sites excluding steroid dienone is 8. The van der Waals surface area contributed by atoms with Gasteiger partial charge in [0.2, 0.25) is 11.8 Å². The number of ether oxygens (including phenoxy) is 4. The maximum absolute atomic E-state index is 14.2. The predicted octanol–water partition coefficient (Wildman–Crippen LogP) is 11.1. The third-order valence-corrected chi connectivity index (χ3v) is 8.92. The van der Waals surface area contributed by atoms with Crippen LogP contribution in [0.25, 0.3) is 0 Å². The second-order valence-electron chi connectivity index (χ2n) is 13.8. The Morgan fingerprint density at radius 1 is 0.523 bits per heavy atom. The van der Waals surface area contributed by atoms with Crippen LogP contribution < -0.4 is 9.80 Å². The first-order valence-electron chi connectivity index (χ1n) is 21.5. The number of carbonyl (C=O) groups excluding carboxylic acids is 2. The van der Waals surface area contributed by atoms with Crippen molar-refractivity contribution in [3.05, 3.63) is 180 Å². The first-order valence-corrected chi connectivity index (χ1v) is 21.5. The van der Waals surface area contributed by atoms with Gasteiger partial charge in [0, 0.05) is 60.7 Å². The molecule has 8 nitrogen and oxygen atoms in total. The quantitative estimate of drug-likeness (QED) is 0.0338. The van der Waals surface area contributed by atoms with E-state index >= 15 is 0 Å². The van der Waals surface area contributed by atoms with E-state index in [4.69, 9.17) is 18.9 Å². The Morgan fingerprint density at radius 3 is 1.18 bits per heavy atom. The van der Waals surface area contributed by atoms with E-state index in [0.717, 1.165) is 50.7 Å². The van der Waals surface area contributed by atoms with Crippen LogP contribution in [-0.4, -0.2) is 77.8 Å². The van der Waals surface area contributed by atoms with Crippen LogP contribution in [0.3, 0.4) is 0 Å². The molecule has 2 amide bonds. The van der Waals surface area contributed by atoms with E-state index in [1.54, 1.807) is 60.7 Å². The van der Waals surface area contributed by atoms with Gasteiger partial charge in [-0.2, -0.15) is 12.2 Å². The van der Waals surface area contributed by atoms with Crippen LogP contribution in [-0.2, 0) is 40.7 Å². The number of amides is 2. The maximum Gasteiger partial charge on any atom is 4.00 e. The first-order chi connectivity index (χ1) is 31.3. The zero-order valence-corrected chi connectivity index (χ0v) is 38.8. The van der Waals surface area contributed by atoms with E-state index in [1.807, 2.05) is 36.4 Å². The second kappa shape index (κ2) is 35.3. The van der Waals surface area contributed by atoms with Crippen molar-refractivity contribution in [2.24, 2.45) is 0 Å². The topological polar surface area (TPSA) is 77.5 Å². The van der Waals surface area contributed by atoms with Crippen molar-refractivity contribution in [2.45, 2.75) is 52.4 Å². The number of rotatable bonds is 22. The molecule has 0 spiro atoms. The molecule has 0 N–H and O–H groups in total. The number of carbonyl (C=O) groups is 2. The monoisotopic (exact) mass is 930 g/mol. The molecule has 0 heterocycles. The Labute approximate surface area is 397 Å². The van der Waals surface area contributed by atoms with Crippen LogP contribution in [0.4, 0.5) is 28.9 Å². The normalized spacial score (nSPS) is 11.7. The summed E-state index contributed by atoms with van der Waals surface area (Å²) in [5.74, 6) is -4.24. The van der Waals surface area contributed by atoms with Gasteiger partial charge < -0.3 is 28.7 Å². The van der Waals surface area contributed by atoms with Crippen LogP contribution >= 0.6 is 0 Å². The molecular formula is C52H58F4N2O6Ti. The number of nitrogens with zero attached hydrogens (tertiary/aromatic N) is 2. The molecule has 0 bridgehead atoms. The van der Waals surface area contributed by atoms with Gasteiger partial charge in [-0.3, -0.25) is 21.7 Å². The first kappa shape index (κ1) is 56.2. The number of halogens is 4. The number of unbranched alkanes of at least 4 members (excludes halogenated alkanes) is 2. The average molecular weight is 931 g/mol. The predicted molar refractivity (Wildman–Crippen MR) is 243 cm³/mol. The third-order valence-electron chi connectivity index (χ3n) is 8.92. The smallest absolute Gasteiger partial charge is 0.379 e. The minimum atomic E-state index is -0.915. The molecule has 4 aromatic rings. The molecule has 0 saturated carbocycles. The number of anilines is 2. The van der Waals surface area contributed by atoms with Crippen molar-refractivity contribution < 1.29 is 67.8 Å². The van der Waals surface area contributed by atoms with Crippen LogP contribution in [0.2, 0.25) is 0 Å². The summed E-state index contributed by atoms with van der Waals surface area (Å²) >= 11 is 0. The van der Waals surface area contributed by atoms with E-state index in [-0.39, 0.29) is 59.4 Å². The molecule has 13 heteroatoms. The van der Waals surface area contributed by atoms with Crippen LogP contribution in [0.1, 0.15) is 73.1 Å². The largest absolute Gasteiger partial charge is 4.00 e. The van der Waals surface area contributed by atoms with Gasteiger partial charge >= 0.3 is 21.7 Å². The number of hydrogen-bond acceptors (Lipinski definition) is 6. The molecule has 65 heavy (non-hydrogen) atoms. The summed E-state index contributed by atoms with van der Waals surface area (Å²) in [6.07, 6.45) is 24.1. The summed E-state index contributed by atoms with van der Waals surface area (Å²) in [5, 5.41) is 0. The standard InChI is InChI=1S/2C21H24F2NO3.2C5H5.Ti/c2*1-2-3-12-26-14-15-27-13-11-24(20-10-9-18(22)16-19(20)23)21(25)17-7-5-4-6-8-17;2*1-2-4-5-3-1;/h2*4-10H,2-3,11-15H2,1H3;2*1-3H,4H2;/q4*-1;+4. The summed E-state index contributed by atoms with van der Waals surface area (Å²) in [6, 6.07) is 25.6. The van der Waals surface area contributed by atoms with Crippen molar-refractivity contribution in [3.63, 3.8) is 0 Å². The van der Waals surface area contributed by atoms with E-state index in [1.165, 1.54) is 21.9 Å². The summed E-state index contributed by atoms with van der Waals surface area (Å²) in [7, 11) is 0. The van der Waals surface area contributed by atoms with Crippen molar-refractivity contribution >= 4 is 23.2 Å². The van der Waals surface area contributed by atoms with E-state index in [0.29, 0.717) is 50.8 Å². The summed E-state index contributed by atoms with van der Waals surface area (Å²) in [4.78, 5) is 28.1. The third kappa shape index (κ3) is 23.2. The van der Waals surface area contributed by atoms with E-state index in [2.05, 4.69) is 38.2 Å². The zero-order valence-electron chi connectivity index (χ0n) is 37.2. The minimum Gasteiger partial charge on any atom is -0.379 e. The molecule has 2 aliphatic rings. The Hall–Kier alpha value is -4.95. The molecule has 0 saturated heterocycles. The van der Waals surface area contributed by atoms with Gasteiger partial charge in [-0.25, -0.2) is 41.9 Å². The fourth-order valence-electron chi connectivity index (χ4n) is 5.55. The molecule has 344 valence electrons. The van der Waals surface area contributed by atoms with Crippen LogP contribution in [0, 0.1) is 47.6 Å². The van der Waals surface area contributed by atoms with Gasteiger partial charge in [0.05, 0.1) is 39.6 Å². The minimum absolute atomic E-state index is 0. The molecule has 0 radical (unpaired) electrons. The molecule has 0 aromatic heterocycles. The summed E-state index contributed by atoms with van der Waals surface area (Å²) in [5.41, 5.74) is 0.745. The van der Waals surface area contributed by atoms with Crippen LogP contribution in [0.5, 0.6) is 0 Å². The molecule has 4 aromatic carbocycles. The zero-order chi connectivity index (χ0) is 46.0. The molecule has 0 unspecified atom stereocenters. The second-order valence-corrected chi connectivity index (χ2v) is 13.8. The maximum atomic E-state index is 14.2. The van der Waals surface area contributed by atoms with Gasteiger partial charge in [0.15, 0.2) is 0 Å². The van der Waals surface area contributed by atoms with Crippen molar-refractivity contribution in [1.82, 2.24) is 0 Å². The van der Waals surface area contributed by atoms with Gasteiger partial charge in [-0.1, -0.05) is 63.1 Å². The van der Waals surface area contributed by atoms with Gasteiger partial charge in [-0.05, 0) is 48.5 Å². The number of benzene rings is 4. The average Bonchev–Trinajstić information content (AvgIpc) is 4.11. The molecule has 0 fully saturated rings. The van der Waals surface area contributed by atoms with Crippen LogP contribution in [0.15, 0.2) is 121 Å². The SMILES string of the molecule is CCCCOCCOCCN(C(=O)c1ccccc1)c1ccc(F)[c-]c1F.CCCCOCCOCCN(C(=O)c1ccccc1)c1ccc(F)[c-]c1F.[C-]1=CC=CC1.[C-]1=CC=CC1.[Ti+4]. The Kier molecular flexibility index (Phi) is 30.5. The Balaban J connectivity index is 0.000000361. The Bertz CT molecular complexity index is 1870. The fourth-order valence-corrected chi connectivity index (χ4v) is 5.55. The summed E-state index contributed by atoms with van der Waals surface area (Å²) < 4.78 is 76.5. The van der Waals surface area contributed by atoms with Gasteiger partial charge in [0.25, 0.3) is 0 Å². The van der Waals surface area contributed by atoms with Gasteiger partial charge in [0.1, 0.15) is 0 Å². The van der Waals surface area contributed by atoms with Gasteiger partial charge in [-0.15, -0.1) is 49.2 Å². The van der Waals surface area contributed by atoms with Crippen molar-refractivity contribution in [3.8, 4) is 0 Å². The molecule has 0 aliphatic heterocycles. The Morgan fingerprint density at radius 2 is 0.892 bits per heavy atom. The fraction of sp³-hybridized carbons (Fsp3) is 0.346. The molecule has 0 atom stereocenters. The van der Waals surface area contributed by atoms with E-state index in [9.17, 15) is 27.2 Å². The number of hydrogen-bond donors (Lipinski definition) is 0. The molecular weight excluding hydrogens is 872 g/mol. The molecule has 6 rings (SSSR count).